The largest absolute Gasteiger partial charge is 0.508 e. The van der Waals surface area contributed by atoms with Gasteiger partial charge in [0.05, 0.1) is 0 Å². The molecule has 4 nitrogen and oxygen atoms in total. The quantitative estimate of drug-likeness (QED) is 0.756. The fourth-order valence-electron chi connectivity index (χ4n) is 1.45. The highest BCUT2D eigenvalue weighted by Crippen LogP contribution is 2.36. The number of aliphatic carboxylic acids is 1. The van der Waals surface area contributed by atoms with Gasteiger partial charge < -0.3 is 10.2 Å². The second kappa shape index (κ2) is 3.58. The van der Waals surface area contributed by atoms with Crippen LogP contribution in [0.15, 0.2) is 23.1 Å². The normalized spacial score (nSPS) is 19.7. The lowest BCUT2D eigenvalue weighted by atomic mass is 10.1. The molecular weight excluding hydrogens is 216 g/mol. The second-order valence-corrected chi connectivity index (χ2v) is 4.50. The third kappa shape index (κ3) is 1.83. The molecule has 1 heterocycles. The molecule has 0 aromatic heterocycles. The summed E-state index contributed by atoms with van der Waals surface area (Å²) in [6.07, 6.45) is -0.0174. The highest BCUT2D eigenvalue weighted by Gasteiger charge is 2.30. The fourth-order valence-corrected chi connectivity index (χ4v) is 2.54. The van der Waals surface area contributed by atoms with Crippen molar-refractivity contribution in [1.82, 2.24) is 0 Å². The first-order chi connectivity index (χ1) is 7.08. The van der Waals surface area contributed by atoms with E-state index in [1.807, 2.05) is 0 Å². The Balaban J connectivity index is 2.41. The van der Waals surface area contributed by atoms with Gasteiger partial charge in [-0.15, -0.1) is 11.8 Å². The molecule has 1 unspecified atom stereocenters. The fraction of sp³-hybridized carbons (Fsp3) is 0.200. The van der Waals surface area contributed by atoms with Crippen LogP contribution in [0.3, 0.4) is 0 Å². The van der Waals surface area contributed by atoms with E-state index in [9.17, 15) is 14.7 Å². The molecule has 15 heavy (non-hydrogen) atoms. The number of benzene rings is 1. The standard InChI is InChI=1S/C10H8O4S/c11-5-1-2-8-6(3-5)7(12)4-9(15-8)10(13)14/h1-3,9,11H,4H2,(H,13,14). The molecule has 0 aliphatic carbocycles. The Kier molecular flexibility index (Phi) is 2.40. The molecule has 0 bridgehead atoms. The first kappa shape index (κ1) is 10.0. The van der Waals surface area contributed by atoms with Crippen LogP contribution in [0.4, 0.5) is 0 Å². The summed E-state index contributed by atoms with van der Waals surface area (Å²) in [5.41, 5.74) is 0.414. The first-order valence-corrected chi connectivity index (χ1v) is 5.21. The number of carbonyl (C=O) groups excluding carboxylic acids is 1. The number of rotatable bonds is 1. The topological polar surface area (TPSA) is 74.6 Å². The number of phenols is 1. The lowest BCUT2D eigenvalue weighted by Gasteiger charge is -2.19. The Hall–Kier alpha value is -1.49. The van der Waals surface area contributed by atoms with E-state index in [2.05, 4.69) is 0 Å². The van der Waals surface area contributed by atoms with Crippen molar-refractivity contribution in [2.45, 2.75) is 16.6 Å². The van der Waals surface area contributed by atoms with Crippen LogP contribution in [0, 0.1) is 0 Å². The van der Waals surface area contributed by atoms with Gasteiger partial charge in [-0.3, -0.25) is 9.59 Å². The molecule has 1 atom stereocenters. The monoisotopic (exact) mass is 224 g/mol. The number of hydrogen-bond donors (Lipinski definition) is 2. The Bertz CT molecular complexity index is 441. The van der Waals surface area contributed by atoms with Gasteiger partial charge in [0.1, 0.15) is 11.0 Å². The van der Waals surface area contributed by atoms with Crippen molar-refractivity contribution < 1.29 is 19.8 Å². The number of Topliss-reactive ketones (excluding diaryl/α,β-unsaturated/α-hetero) is 1. The molecule has 0 saturated carbocycles. The molecule has 1 aliphatic heterocycles. The van der Waals surface area contributed by atoms with Crippen LogP contribution in [-0.4, -0.2) is 27.2 Å². The minimum Gasteiger partial charge on any atom is -0.508 e. The molecule has 0 spiro atoms. The maximum absolute atomic E-state index is 11.6. The van der Waals surface area contributed by atoms with Crippen LogP contribution in [0.25, 0.3) is 0 Å². The summed E-state index contributed by atoms with van der Waals surface area (Å²) in [5, 5.41) is 17.3. The van der Waals surface area contributed by atoms with Crippen molar-refractivity contribution in [3.05, 3.63) is 23.8 Å². The predicted molar refractivity (Wildman–Crippen MR) is 54.3 cm³/mol. The number of fused-ring (bicyclic) bond motifs is 1. The number of carbonyl (C=O) groups is 2. The van der Waals surface area contributed by atoms with Gasteiger partial charge in [-0.25, -0.2) is 0 Å². The Morgan fingerprint density at radius 3 is 2.87 bits per heavy atom. The summed E-state index contributed by atoms with van der Waals surface area (Å²) >= 11 is 1.15. The average Bonchev–Trinajstić information content (AvgIpc) is 2.18. The number of hydrogen-bond acceptors (Lipinski definition) is 4. The number of carboxylic acids is 1. The van der Waals surface area contributed by atoms with E-state index in [4.69, 9.17) is 5.11 Å². The van der Waals surface area contributed by atoms with E-state index >= 15 is 0 Å². The predicted octanol–water partition coefficient (Wildman–Crippen LogP) is 1.52. The lowest BCUT2D eigenvalue weighted by Crippen LogP contribution is -2.24. The molecular formula is C10H8O4S. The molecule has 2 rings (SSSR count). The van der Waals surface area contributed by atoms with Crippen LogP contribution >= 0.6 is 11.8 Å². The van der Waals surface area contributed by atoms with E-state index < -0.39 is 11.2 Å². The number of phenolic OH excluding ortho intramolecular Hbond substituents is 1. The maximum Gasteiger partial charge on any atom is 0.317 e. The Morgan fingerprint density at radius 2 is 2.20 bits per heavy atom. The van der Waals surface area contributed by atoms with Crippen molar-refractivity contribution >= 4 is 23.5 Å². The summed E-state index contributed by atoms with van der Waals surface area (Å²) in [6.45, 7) is 0. The molecule has 1 aromatic carbocycles. The number of aromatic hydroxyl groups is 1. The molecule has 0 radical (unpaired) electrons. The maximum atomic E-state index is 11.6. The third-order valence-corrected chi connectivity index (χ3v) is 3.44. The Morgan fingerprint density at radius 1 is 1.47 bits per heavy atom. The van der Waals surface area contributed by atoms with Gasteiger partial charge >= 0.3 is 5.97 Å². The van der Waals surface area contributed by atoms with E-state index in [0.717, 1.165) is 11.8 Å². The van der Waals surface area contributed by atoms with E-state index in [1.165, 1.54) is 12.1 Å². The molecule has 0 fully saturated rings. The molecule has 5 heteroatoms. The lowest BCUT2D eigenvalue weighted by molar-refractivity contribution is -0.136. The highest BCUT2D eigenvalue weighted by atomic mass is 32.2. The molecule has 0 saturated heterocycles. The van der Waals surface area contributed by atoms with Gasteiger partial charge in [-0.05, 0) is 18.2 Å². The first-order valence-electron chi connectivity index (χ1n) is 4.33. The molecule has 0 amide bonds. The van der Waals surface area contributed by atoms with Crippen molar-refractivity contribution in [2.24, 2.45) is 0 Å². The SMILES string of the molecule is O=C1CC(C(=O)O)Sc2ccc(O)cc21. The smallest absolute Gasteiger partial charge is 0.317 e. The minimum absolute atomic E-state index is 0.0174. The second-order valence-electron chi connectivity index (χ2n) is 3.25. The minimum atomic E-state index is -0.980. The molecule has 1 aromatic rings. The van der Waals surface area contributed by atoms with Gasteiger partial charge in [0.2, 0.25) is 0 Å². The van der Waals surface area contributed by atoms with E-state index in [0.29, 0.717) is 10.5 Å². The van der Waals surface area contributed by atoms with Crippen LogP contribution < -0.4 is 0 Å². The molecule has 1 aliphatic rings. The van der Waals surface area contributed by atoms with Gasteiger partial charge in [0.15, 0.2) is 5.78 Å². The van der Waals surface area contributed by atoms with Crippen molar-refractivity contribution in [1.29, 1.82) is 0 Å². The summed E-state index contributed by atoms with van der Waals surface area (Å²) in [4.78, 5) is 22.9. The van der Waals surface area contributed by atoms with Crippen molar-refractivity contribution in [2.75, 3.05) is 0 Å². The van der Waals surface area contributed by atoms with E-state index in [1.54, 1.807) is 6.07 Å². The summed E-state index contributed by atoms with van der Waals surface area (Å²) in [5.74, 6) is -1.18. The van der Waals surface area contributed by atoms with Gasteiger partial charge in [0.25, 0.3) is 0 Å². The summed E-state index contributed by atoms with van der Waals surface area (Å²) < 4.78 is 0. The zero-order valence-electron chi connectivity index (χ0n) is 7.64. The van der Waals surface area contributed by atoms with Crippen LogP contribution in [0.2, 0.25) is 0 Å². The molecule has 2 N–H and O–H groups in total. The Labute approximate surface area is 89.9 Å². The summed E-state index contributed by atoms with van der Waals surface area (Å²) in [7, 11) is 0. The zero-order chi connectivity index (χ0) is 11.0. The van der Waals surface area contributed by atoms with Crippen molar-refractivity contribution in [3.63, 3.8) is 0 Å². The molecule has 78 valence electrons. The number of ketones is 1. The van der Waals surface area contributed by atoms with Gasteiger partial charge in [0, 0.05) is 16.9 Å². The van der Waals surface area contributed by atoms with Crippen LogP contribution in [-0.2, 0) is 4.79 Å². The number of thioether (sulfide) groups is 1. The van der Waals surface area contributed by atoms with Crippen LogP contribution in [0.5, 0.6) is 5.75 Å². The van der Waals surface area contributed by atoms with Gasteiger partial charge in [-0.2, -0.15) is 0 Å². The van der Waals surface area contributed by atoms with Crippen molar-refractivity contribution in [3.8, 4) is 5.75 Å². The number of carboxylic acid groups (broad SMARTS) is 1. The average molecular weight is 224 g/mol. The van der Waals surface area contributed by atoms with Gasteiger partial charge in [-0.1, -0.05) is 0 Å². The highest BCUT2D eigenvalue weighted by molar-refractivity contribution is 8.00. The third-order valence-electron chi connectivity index (χ3n) is 2.18. The van der Waals surface area contributed by atoms with E-state index in [-0.39, 0.29) is 18.0 Å². The zero-order valence-corrected chi connectivity index (χ0v) is 8.45. The van der Waals surface area contributed by atoms with Crippen LogP contribution in [0.1, 0.15) is 16.8 Å². The summed E-state index contributed by atoms with van der Waals surface area (Å²) in [6, 6.07) is 4.40.